The number of carbonyl (C=O) groups excluding carboxylic acids is 1. The van der Waals surface area contributed by atoms with E-state index in [9.17, 15) is 9.36 Å². The van der Waals surface area contributed by atoms with Gasteiger partial charge >= 0.3 is 13.6 Å². The minimum Gasteiger partial charge on any atom is -0.463 e. The van der Waals surface area contributed by atoms with E-state index in [1.807, 2.05) is 0 Å². The lowest BCUT2D eigenvalue weighted by Crippen LogP contribution is -2.03. The van der Waals surface area contributed by atoms with Crippen LogP contribution >= 0.6 is 7.60 Å². The predicted molar refractivity (Wildman–Crippen MR) is 42.7 cm³/mol. The molecular formula is C6H11O5P. The van der Waals surface area contributed by atoms with Crippen LogP contribution in [0.3, 0.4) is 0 Å². The summed E-state index contributed by atoms with van der Waals surface area (Å²) in [4.78, 5) is 27.2. The number of hydrogen-bond donors (Lipinski definition) is 2. The fraction of sp³-hybridized carbons (Fsp3) is 0.500. The second-order valence-electron chi connectivity index (χ2n) is 2.11. The Morgan fingerprint density at radius 2 is 2.17 bits per heavy atom. The van der Waals surface area contributed by atoms with Crippen LogP contribution < -0.4 is 0 Å². The normalized spacial score (nSPS) is 10.8. The van der Waals surface area contributed by atoms with Gasteiger partial charge in [0.15, 0.2) is 0 Å². The van der Waals surface area contributed by atoms with Gasteiger partial charge in [-0.25, -0.2) is 4.79 Å². The van der Waals surface area contributed by atoms with Crippen molar-refractivity contribution in [1.29, 1.82) is 0 Å². The van der Waals surface area contributed by atoms with Crippen LogP contribution in [0.4, 0.5) is 0 Å². The molecule has 0 fully saturated rings. The van der Waals surface area contributed by atoms with Gasteiger partial charge in [0.2, 0.25) is 0 Å². The van der Waals surface area contributed by atoms with Crippen LogP contribution in [0, 0.1) is 0 Å². The molecule has 0 aliphatic carbocycles. The van der Waals surface area contributed by atoms with E-state index >= 15 is 0 Å². The molecule has 2 N–H and O–H groups in total. The first-order valence-electron chi connectivity index (χ1n) is 3.29. The summed E-state index contributed by atoms with van der Waals surface area (Å²) in [6, 6.07) is 0. The molecule has 0 unspecified atom stereocenters. The fourth-order valence-corrected chi connectivity index (χ4v) is 1.04. The predicted octanol–water partition coefficient (Wildman–Crippen LogP) is 0.283. The van der Waals surface area contributed by atoms with E-state index in [1.54, 1.807) is 0 Å². The summed E-state index contributed by atoms with van der Waals surface area (Å²) in [7, 11) is -3.95. The van der Waals surface area contributed by atoms with Crippen LogP contribution in [0.2, 0.25) is 0 Å². The molecule has 0 rings (SSSR count). The molecule has 6 heteroatoms. The second kappa shape index (κ2) is 5.09. The summed E-state index contributed by atoms with van der Waals surface area (Å²) in [5.41, 5.74) is 0. The third-order valence-corrected chi connectivity index (χ3v) is 1.90. The molecule has 0 spiro atoms. The van der Waals surface area contributed by atoms with E-state index in [4.69, 9.17) is 9.79 Å². The number of hydrogen-bond acceptors (Lipinski definition) is 3. The minimum atomic E-state index is -3.95. The third-order valence-electron chi connectivity index (χ3n) is 1.00. The molecule has 5 nitrogen and oxygen atoms in total. The van der Waals surface area contributed by atoms with Gasteiger partial charge in [-0.15, -0.1) is 0 Å². The van der Waals surface area contributed by atoms with Gasteiger partial charge < -0.3 is 14.5 Å². The molecule has 0 aliphatic rings. The molecule has 0 aliphatic heterocycles. The van der Waals surface area contributed by atoms with E-state index in [-0.39, 0.29) is 19.2 Å². The van der Waals surface area contributed by atoms with E-state index in [1.165, 1.54) is 0 Å². The molecule has 0 bridgehead atoms. The first kappa shape index (κ1) is 11.4. The van der Waals surface area contributed by atoms with Crippen molar-refractivity contribution in [2.75, 3.05) is 12.8 Å². The average molecular weight is 194 g/mol. The molecule has 0 aromatic heterocycles. The summed E-state index contributed by atoms with van der Waals surface area (Å²) < 4.78 is 14.8. The van der Waals surface area contributed by atoms with Crippen LogP contribution in [-0.2, 0) is 14.1 Å². The Kier molecular flexibility index (Phi) is 4.81. The van der Waals surface area contributed by atoms with Crippen molar-refractivity contribution in [3.8, 4) is 0 Å². The van der Waals surface area contributed by atoms with Crippen LogP contribution in [0.25, 0.3) is 0 Å². The average Bonchev–Trinajstić information content (AvgIpc) is 1.96. The highest BCUT2D eigenvalue weighted by molar-refractivity contribution is 7.51. The number of rotatable bonds is 5. The maximum atomic E-state index is 10.4. The van der Waals surface area contributed by atoms with E-state index in [2.05, 4.69) is 11.3 Å². The first-order chi connectivity index (χ1) is 5.45. The number of carbonyl (C=O) groups is 1. The minimum absolute atomic E-state index is 0.00988. The number of ether oxygens (including phenoxy) is 1. The van der Waals surface area contributed by atoms with Crippen molar-refractivity contribution in [2.24, 2.45) is 0 Å². The lowest BCUT2D eigenvalue weighted by molar-refractivity contribution is -0.137. The third kappa shape index (κ3) is 7.47. The second-order valence-corrected chi connectivity index (χ2v) is 3.89. The molecular weight excluding hydrogens is 183 g/mol. The van der Waals surface area contributed by atoms with Crippen molar-refractivity contribution < 1.29 is 23.9 Å². The molecule has 0 aromatic rings. The Bertz CT molecular complexity index is 206. The van der Waals surface area contributed by atoms with Gasteiger partial charge in [-0.05, 0) is 6.42 Å². The molecule has 0 saturated heterocycles. The Labute approximate surface area is 70.2 Å². The lowest BCUT2D eigenvalue weighted by atomic mass is 10.5. The van der Waals surface area contributed by atoms with Crippen LogP contribution in [-0.4, -0.2) is 28.5 Å². The monoisotopic (exact) mass is 194 g/mol. The van der Waals surface area contributed by atoms with Crippen molar-refractivity contribution >= 4 is 13.6 Å². The SMILES string of the molecule is C=CC(=O)OCCCP(=O)(O)O. The molecule has 12 heavy (non-hydrogen) atoms. The topological polar surface area (TPSA) is 83.8 Å². The van der Waals surface area contributed by atoms with Gasteiger partial charge in [0.1, 0.15) is 0 Å². The summed E-state index contributed by atoms with van der Waals surface area (Å²) in [5.74, 6) is -0.583. The Hall–Kier alpha value is -0.640. The largest absolute Gasteiger partial charge is 0.463 e. The zero-order valence-corrected chi connectivity index (χ0v) is 7.37. The molecule has 0 aromatic carbocycles. The molecule has 0 amide bonds. The van der Waals surface area contributed by atoms with Gasteiger partial charge in [0.05, 0.1) is 12.8 Å². The maximum Gasteiger partial charge on any atom is 0.330 e. The molecule has 0 heterocycles. The molecule has 70 valence electrons. The molecule has 0 radical (unpaired) electrons. The van der Waals surface area contributed by atoms with Crippen LogP contribution in [0.5, 0.6) is 0 Å². The van der Waals surface area contributed by atoms with Crippen LogP contribution in [0.1, 0.15) is 6.42 Å². The van der Waals surface area contributed by atoms with Gasteiger partial charge in [0.25, 0.3) is 0 Å². The lowest BCUT2D eigenvalue weighted by Gasteiger charge is -2.03. The van der Waals surface area contributed by atoms with E-state index < -0.39 is 13.6 Å². The summed E-state index contributed by atoms with van der Waals surface area (Å²) in [6.45, 7) is 3.17. The zero-order chi connectivity index (χ0) is 9.61. The van der Waals surface area contributed by atoms with Gasteiger partial charge in [-0.3, -0.25) is 4.57 Å². The van der Waals surface area contributed by atoms with Crippen molar-refractivity contribution in [2.45, 2.75) is 6.42 Å². The van der Waals surface area contributed by atoms with E-state index in [0.29, 0.717) is 0 Å². The number of esters is 1. The van der Waals surface area contributed by atoms with Crippen molar-refractivity contribution in [3.63, 3.8) is 0 Å². The molecule has 0 saturated carbocycles. The highest BCUT2D eigenvalue weighted by Gasteiger charge is 2.11. The summed E-state index contributed by atoms with van der Waals surface area (Å²) >= 11 is 0. The van der Waals surface area contributed by atoms with Crippen molar-refractivity contribution in [3.05, 3.63) is 12.7 Å². The highest BCUT2D eigenvalue weighted by atomic mass is 31.2. The van der Waals surface area contributed by atoms with Crippen molar-refractivity contribution in [1.82, 2.24) is 0 Å². The first-order valence-corrected chi connectivity index (χ1v) is 5.09. The van der Waals surface area contributed by atoms with Gasteiger partial charge in [-0.2, -0.15) is 0 Å². The fourth-order valence-electron chi connectivity index (χ4n) is 0.502. The Morgan fingerprint density at radius 1 is 1.58 bits per heavy atom. The standard InChI is InChI=1S/C6H11O5P/c1-2-6(7)11-4-3-5-12(8,9)10/h2H,1,3-5H2,(H2,8,9,10). The highest BCUT2D eigenvalue weighted by Crippen LogP contribution is 2.34. The quantitative estimate of drug-likeness (QED) is 0.284. The molecule has 0 atom stereocenters. The maximum absolute atomic E-state index is 10.4. The summed E-state index contributed by atoms with van der Waals surface area (Å²) in [6.07, 6.45) is 0.888. The van der Waals surface area contributed by atoms with E-state index in [0.717, 1.165) is 6.08 Å². The van der Waals surface area contributed by atoms with Gasteiger partial charge in [0, 0.05) is 6.08 Å². The van der Waals surface area contributed by atoms with Gasteiger partial charge in [-0.1, -0.05) is 6.58 Å². The Balaban J connectivity index is 3.40. The van der Waals surface area contributed by atoms with Crippen LogP contribution in [0.15, 0.2) is 12.7 Å². The Morgan fingerprint density at radius 3 is 2.58 bits per heavy atom. The summed E-state index contributed by atoms with van der Waals surface area (Å²) in [5, 5.41) is 0. The zero-order valence-electron chi connectivity index (χ0n) is 6.47. The smallest absolute Gasteiger partial charge is 0.330 e.